The lowest BCUT2D eigenvalue weighted by Gasteiger charge is -2.19. The molecule has 2 N–H and O–H groups in total. The molecule has 0 aromatic heterocycles. The van der Waals surface area contributed by atoms with Gasteiger partial charge in [-0.1, -0.05) is 0 Å². The first-order valence-electron chi connectivity index (χ1n) is 5.04. The number of anilines is 1. The van der Waals surface area contributed by atoms with E-state index in [0.717, 1.165) is 0 Å². The second kappa shape index (κ2) is 4.51. The zero-order chi connectivity index (χ0) is 12.3. The summed E-state index contributed by atoms with van der Waals surface area (Å²) < 4.78 is 18.0. The Labute approximate surface area is 94.4 Å². The van der Waals surface area contributed by atoms with Crippen molar-refractivity contribution in [2.45, 2.75) is 32.8 Å². The van der Waals surface area contributed by atoms with E-state index in [0.29, 0.717) is 11.3 Å². The molecule has 4 heteroatoms. The predicted molar refractivity (Wildman–Crippen MR) is 60.4 cm³/mol. The monoisotopic (exact) mass is 225 g/mol. The molecule has 0 fully saturated rings. The molecule has 0 saturated heterocycles. The summed E-state index contributed by atoms with van der Waals surface area (Å²) in [6.45, 7) is 5.33. The minimum Gasteiger partial charge on any atom is -0.460 e. The normalized spacial score (nSPS) is 11.2. The molecule has 1 aromatic carbocycles. The van der Waals surface area contributed by atoms with Gasteiger partial charge in [0.1, 0.15) is 11.4 Å². The average Bonchev–Trinajstić information content (AvgIpc) is 2.08. The topological polar surface area (TPSA) is 52.3 Å². The molecular weight excluding hydrogens is 209 g/mol. The lowest BCUT2D eigenvalue weighted by molar-refractivity contribution is -0.153. The molecule has 0 aliphatic rings. The number of hydrogen-bond acceptors (Lipinski definition) is 3. The SMILES string of the molecule is CC(C)(C)OC(=O)Cc1cc(F)ccc1N. The summed E-state index contributed by atoms with van der Waals surface area (Å²) in [7, 11) is 0. The lowest BCUT2D eigenvalue weighted by atomic mass is 10.1. The number of nitrogens with two attached hydrogens (primary N) is 1. The third kappa shape index (κ3) is 3.88. The Morgan fingerprint density at radius 2 is 2.06 bits per heavy atom. The second-order valence-corrected chi connectivity index (χ2v) is 4.61. The summed E-state index contributed by atoms with van der Waals surface area (Å²) in [6.07, 6.45) is -0.0130. The molecule has 1 rings (SSSR count). The van der Waals surface area contributed by atoms with Gasteiger partial charge in [-0.2, -0.15) is 0 Å². The van der Waals surface area contributed by atoms with Crippen molar-refractivity contribution in [2.75, 3.05) is 5.73 Å². The Hall–Kier alpha value is -1.58. The number of carbonyl (C=O) groups is 1. The highest BCUT2D eigenvalue weighted by Crippen LogP contribution is 2.16. The summed E-state index contributed by atoms with van der Waals surface area (Å²) in [6, 6.07) is 3.95. The Morgan fingerprint density at radius 3 is 2.62 bits per heavy atom. The maximum absolute atomic E-state index is 12.9. The molecule has 0 radical (unpaired) electrons. The van der Waals surface area contributed by atoms with Crippen LogP contribution in [0.5, 0.6) is 0 Å². The molecule has 0 spiro atoms. The van der Waals surface area contributed by atoms with Crippen molar-refractivity contribution in [3.05, 3.63) is 29.6 Å². The van der Waals surface area contributed by atoms with Gasteiger partial charge in [-0.3, -0.25) is 4.79 Å². The molecule has 0 heterocycles. The van der Waals surface area contributed by atoms with Gasteiger partial charge in [0.25, 0.3) is 0 Å². The average molecular weight is 225 g/mol. The number of rotatable bonds is 2. The van der Waals surface area contributed by atoms with Gasteiger partial charge in [0.05, 0.1) is 6.42 Å². The largest absolute Gasteiger partial charge is 0.460 e. The van der Waals surface area contributed by atoms with Crippen LogP contribution in [-0.2, 0) is 16.0 Å². The number of benzene rings is 1. The van der Waals surface area contributed by atoms with E-state index in [9.17, 15) is 9.18 Å². The molecule has 0 unspecified atom stereocenters. The smallest absolute Gasteiger partial charge is 0.310 e. The van der Waals surface area contributed by atoms with Crippen LogP contribution in [0.4, 0.5) is 10.1 Å². The molecule has 16 heavy (non-hydrogen) atoms. The van der Waals surface area contributed by atoms with Gasteiger partial charge in [-0.15, -0.1) is 0 Å². The number of carbonyl (C=O) groups excluding carboxylic acids is 1. The van der Waals surface area contributed by atoms with Crippen molar-refractivity contribution in [1.29, 1.82) is 0 Å². The van der Waals surface area contributed by atoms with Crippen LogP contribution >= 0.6 is 0 Å². The molecule has 0 saturated carbocycles. The van der Waals surface area contributed by atoms with Crippen molar-refractivity contribution in [2.24, 2.45) is 0 Å². The highest BCUT2D eigenvalue weighted by Gasteiger charge is 2.17. The van der Waals surface area contributed by atoms with Crippen molar-refractivity contribution in [1.82, 2.24) is 0 Å². The van der Waals surface area contributed by atoms with Crippen LogP contribution in [0.25, 0.3) is 0 Å². The minimum atomic E-state index is -0.542. The summed E-state index contributed by atoms with van der Waals surface area (Å²) in [5.74, 6) is -0.822. The van der Waals surface area contributed by atoms with Crippen LogP contribution < -0.4 is 5.73 Å². The zero-order valence-electron chi connectivity index (χ0n) is 9.71. The first-order chi connectivity index (χ1) is 7.28. The lowest BCUT2D eigenvalue weighted by Crippen LogP contribution is -2.25. The van der Waals surface area contributed by atoms with Crippen LogP contribution in [-0.4, -0.2) is 11.6 Å². The first-order valence-corrected chi connectivity index (χ1v) is 5.04. The minimum absolute atomic E-state index is 0.0130. The van der Waals surface area contributed by atoms with Crippen LogP contribution in [0.15, 0.2) is 18.2 Å². The van der Waals surface area contributed by atoms with Gasteiger partial charge in [0.15, 0.2) is 0 Å². The van der Waals surface area contributed by atoms with Crippen LogP contribution in [0, 0.1) is 5.82 Å². The van der Waals surface area contributed by atoms with Gasteiger partial charge in [0.2, 0.25) is 0 Å². The molecule has 0 aliphatic heterocycles. The molecular formula is C12H16FNO2. The predicted octanol–water partition coefficient (Wildman–Crippen LogP) is 2.29. The summed E-state index contributed by atoms with van der Waals surface area (Å²) in [5, 5.41) is 0. The summed E-state index contributed by atoms with van der Waals surface area (Å²) in [5.41, 5.74) is 5.93. The van der Waals surface area contributed by atoms with E-state index in [1.807, 2.05) is 0 Å². The second-order valence-electron chi connectivity index (χ2n) is 4.61. The van der Waals surface area contributed by atoms with E-state index in [1.165, 1.54) is 18.2 Å². The van der Waals surface area contributed by atoms with Crippen molar-refractivity contribution in [3.8, 4) is 0 Å². The van der Waals surface area contributed by atoms with Gasteiger partial charge in [-0.25, -0.2) is 4.39 Å². The summed E-state index contributed by atoms with van der Waals surface area (Å²) >= 11 is 0. The molecule has 1 aromatic rings. The number of halogens is 1. The van der Waals surface area contributed by atoms with E-state index in [1.54, 1.807) is 20.8 Å². The van der Waals surface area contributed by atoms with E-state index in [4.69, 9.17) is 10.5 Å². The maximum Gasteiger partial charge on any atom is 0.310 e. The molecule has 0 aliphatic carbocycles. The quantitative estimate of drug-likeness (QED) is 0.620. The van der Waals surface area contributed by atoms with E-state index >= 15 is 0 Å². The van der Waals surface area contributed by atoms with Crippen LogP contribution in [0.1, 0.15) is 26.3 Å². The third-order valence-electron chi connectivity index (χ3n) is 1.86. The molecule has 3 nitrogen and oxygen atoms in total. The molecule has 0 bridgehead atoms. The number of ether oxygens (including phenoxy) is 1. The fourth-order valence-corrected chi connectivity index (χ4v) is 1.26. The Balaban J connectivity index is 2.73. The summed E-state index contributed by atoms with van der Waals surface area (Å²) in [4.78, 5) is 11.5. The molecule has 88 valence electrons. The van der Waals surface area contributed by atoms with Crippen molar-refractivity contribution >= 4 is 11.7 Å². The van der Waals surface area contributed by atoms with E-state index in [2.05, 4.69) is 0 Å². The highest BCUT2D eigenvalue weighted by molar-refractivity contribution is 5.75. The number of esters is 1. The Bertz CT molecular complexity index is 396. The Kier molecular flexibility index (Phi) is 3.52. The number of hydrogen-bond donors (Lipinski definition) is 1. The standard InChI is InChI=1S/C12H16FNO2/c1-12(2,3)16-11(15)7-8-6-9(13)4-5-10(8)14/h4-6H,7,14H2,1-3H3. The van der Waals surface area contributed by atoms with Crippen LogP contribution in [0.3, 0.4) is 0 Å². The third-order valence-corrected chi connectivity index (χ3v) is 1.86. The fraction of sp³-hybridized carbons (Fsp3) is 0.417. The zero-order valence-corrected chi connectivity index (χ0v) is 9.71. The van der Waals surface area contributed by atoms with Gasteiger partial charge >= 0.3 is 5.97 Å². The molecule has 0 amide bonds. The van der Waals surface area contributed by atoms with E-state index in [-0.39, 0.29) is 6.42 Å². The van der Waals surface area contributed by atoms with Crippen LogP contribution in [0.2, 0.25) is 0 Å². The van der Waals surface area contributed by atoms with Gasteiger partial charge in [0, 0.05) is 5.69 Å². The Morgan fingerprint density at radius 1 is 1.44 bits per heavy atom. The maximum atomic E-state index is 12.9. The number of nitrogen functional groups attached to an aromatic ring is 1. The van der Waals surface area contributed by atoms with Gasteiger partial charge in [-0.05, 0) is 44.5 Å². The highest BCUT2D eigenvalue weighted by atomic mass is 19.1. The van der Waals surface area contributed by atoms with Crippen molar-refractivity contribution in [3.63, 3.8) is 0 Å². The van der Waals surface area contributed by atoms with Gasteiger partial charge < -0.3 is 10.5 Å². The fourth-order valence-electron chi connectivity index (χ4n) is 1.26. The van der Waals surface area contributed by atoms with E-state index < -0.39 is 17.4 Å². The first kappa shape index (κ1) is 12.5. The van der Waals surface area contributed by atoms with Crippen molar-refractivity contribution < 1.29 is 13.9 Å². The molecule has 0 atom stereocenters.